The van der Waals surface area contributed by atoms with Crippen molar-refractivity contribution in [2.24, 2.45) is 5.73 Å². The molecule has 106 valence electrons. The maximum Gasteiger partial charge on any atom is 0.416 e. The summed E-state index contributed by atoms with van der Waals surface area (Å²) in [4.78, 5) is 0. The number of nitrogens with two attached hydrogens (primary N) is 1. The second-order valence-electron chi connectivity index (χ2n) is 4.23. The van der Waals surface area contributed by atoms with Gasteiger partial charge >= 0.3 is 6.18 Å². The number of hydrogen-bond donors (Lipinski definition) is 1. The Morgan fingerprint density at radius 3 is 2.35 bits per heavy atom. The molecule has 1 atom stereocenters. The molecule has 20 heavy (non-hydrogen) atoms. The molecule has 0 aliphatic heterocycles. The predicted molar refractivity (Wildman–Crippen MR) is 84.3 cm³/mol. The number of benzene rings is 2. The average molecular weight is 456 g/mol. The highest BCUT2D eigenvalue weighted by Gasteiger charge is 2.34. The maximum absolute atomic E-state index is 13.0. The van der Waals surface area contributed by atoms with E-state index in [1.54, 1.807) is 18.2 Å². The Bertz CT molecular complexity index is 628. The number of halogens is 5. The molecule has 0 aliphatic rings. The van der Waals surface area contributed by atoms with Gasteiger partial charge in [0, 0.05) is 8.04 Å². The molecule has 1 nitrogen and oxygen atoms in total. The summed E-state index contributed by atoms with van der Waals surface area (Å²) < 4.78 is 40.7. The lowest BCUT2D eigenvalue weighted by Gasteiger charge is -2.19. The lowest BCUT2D eigenvalue weighted by atomic mass is 9.95. The van der Waals surface area contributed by atoms with Crippen molar-refractivity contribution in [3.8, 4) is 0 Å². The van der Waals surface area contributed by atoms with Gasteiger partial charge in [-0.1, -0.05) is 34.1 Å². The molecule has 2 N–H and O–H groups in total. The molecule has 0 fully saturated rings. The van der Waals surface area contributed by atoms with Gasteiger partial charge in [-0.2, -0.15) is 13.2 Å². The fraction of sp³-hybridized carbons (Fsp3) is 0.143. The van der Waals surface area contributed by atoms with Gasteiger partial charge in [0.05, 0.1) is 11.6 Å². The van der Waals surface area contributed by atoms with Gasteiger partial charge in [0.2, 0.25) is 0 Å². The van der Waals surface area contributed by atoms with Crippen LogP contribution in [0.25, 0.3) is 0 Å². The van der Waals surface area contributed by atoms with E-state index in [1.807, 2.05) is 6.07 Å². The minimum absolute atomic E-state index is 0.0719. The fourth-order valence-corrected chi connectivity index (χ4v) is 2.96. The van der Waals surface area contributed by atoms with E-state index in [4.69, 9.17) is 5.73 Å². The standard InChI is InChI=1S/C14H10BrF3IN/c15-12-6-5-8(19)7-10(12)13(20)9-3-1-2-4-11(9)14(16,17)18/h1-7,13H,20H2. The number of rotatable bonds is 2. The van der Waals surface area contributed by atoms with Crippen LogP contribution >= 0.6 is 38.5 Å². The molecular formula is C14H10BrF3IN. The van der Waals surface area contributed by atoms with E-state index in [1.165, 1.54) is 12.1 Å². The van der Waals surface area contributed by atoms with E-state index in [-0.39, 0.29) is 5.56 Å². The minimum Gasteiger partial charge on any atom is -0.320 e. The fourth-order valence-electron chi connectivity index (χ4n) is 1.95. The lowest BCUT2D eigenvalue weighted by Crippen LogP contribution is -2.18. The van der Waals surface area contributed by atoms with Crippen molar-refractivity contribution in [2.45, 2.75) is 12.2 Å². The molecule has 2 aromatic carbocycles. The summed E-state index contributed by atoms with van der Waals surface area (Å²) in [6, 6.07) is 9.98. The van der Waals surface area contributed by atoms with Crippen molar-refractivity contribution in [2.75, 3.05) is 0 Å². The Morgan fingerprint density at radius 1 is 1.05 bits per heavy atom. The summed E-state index contributed by atoms with van der Waals surface area (Å²) in [6.45, 7) is 0. The normalized spacial score (nSPS) is 13.3. The molecule has 2 aromatic rings. The molecular weight excluding hydrogens is 446 g/mol. The van der Waals surface area contributed by atoms with Crippen LogP contribution < -0.4 is 5.73 Å². The van der Waals surface area contributed by atoms with Crippen LogP contribution in [0.2, 0.25) is 0 Å². The third-order valence-corrected chi connectivity index (χ3v) is 4.29. The quantitative estimate of drug-likeness (QED) is 0.625. The van der Waals surface area contributed by atoms with Gasteiger partial charge in [-0.3, -0.25) is 0 Å². The summed E-state index contributed by atoms with van der Waals surface area (Å²) in [5.41, 5.74) is 6.06. The van der Waals surface area contributed by atoms with E-state index in [0.29, 0.717) is 10.0 Å². The molecule has 0 spiro atoms. The summed E-state index contributed by atoms with van der Waals surface area (Å²) in [5, 5.41) is 0. The second-order valence-corrected chi connectivity index (χ2v) is 6.33. The molecule has 0 radical (unpaired) electrons. The molecule has 0 aromatic heterocycles. The maximum atomic E-state index is 13.0. The van der Waals surface area contributed by atoms with Gasteiger partial charge < -0.3 is 5.73 Å². The third-order valence-electron chi connectivity index (χ3n) is 2.89. The number of alkyl halides is 3. The Hall–Kier alpha value is -0.600. The molecule has 0 heterocycles. The zero-order chi connectivity index (χ0) is 14.9. The first-order valence-corrected chi connectivity index (χ1v) is 7.54. The van der Waals surface area contributed by atoms with E-state index in [9.17, 15) is 13.2 Å². The Kier molecular flexibility index (Phi) is 4.76. The van der Waals surface area contributed by atoms with Gasteiger partial charge in [-0.05, 0) is 58.0 Å². The zero-order valence-corrected chi connectivity index (χ0v) is 13.8. The Labute approximate surface area is 136 Å². The number of hydrogen-bond acceptors (Lipinski definition) is 1. The van der Waals surface area contributed by atoms with Crippen molar-refractivity contribution in [1.82, 2.24) is 0 Å². The van der Waals surface area contributed by atoms with Crippen molar-refractivity contribution >= 4 is 38.5 Å². The van der Waals surface area contributed by atoms with E-state index >= 15 is 0 Å². The molecule has 2 rings (SSSR count). The average Bonchev–Trinajstić information content (AvgIpc) is 2.40. The van der Waals surface area contributed by atoms with Crippen molar-refractivity contribution in [3.63, 3.8) is 0 Å². The predicted octanol–water partition coefficient (Wildman–Crippen LogP) is 5.12. The first kappa shape index (κ1) is 15.8. The van der Waals surface area contributed by atoms with Crippen molar-refractivity contribution < 1.29 is 13.2 Å². The Balaban J connectivity index is 2.54. The highest BCUT2D eigenvalue weighted by Crippen LogP contribution is 2.37. The van der Waals surface area contributed by atoms with Crippen LogP contribution in [-0.4, -0.2) is 0 Å². The van der Waals surface area contributed by atoms with Crippen LogP contribution in [0, 0.1) is 3.57 Å². The van der Waals surface area contributed by atoms with Crippen molar-refractivity contribution in [3.05, 3.63) is 67.2 Å². The smallest absolute Gasteiger partial charge is 0.320 e. The first-order chi connectivity index (χ1) is 9.30. The van der Waals surface area contributed by atoms with E-state index in [2.05, 4.69) is 38.5 Å². The zero-order valence-electron chi connectivity index (χ0n) is 10.1. The first-order valence-electron chi connectivity index (χ1n) is 5.67. The summed E-state index contributed by atoms with van der Waals surface area (Å²) >= 11 is 5.44. The monoisotopic (exact) mass is 455 g/mol. The highest BCUT2D eigenvalue weighted by molar-refractivity contribution is 14.1. The molecule has 0 amide bonds. The lowest BCUT2D eigenvalue weighted by molar-refractivity contribution is -0.138. The molecule has 0 bridgehead atoms. The Morgan fingerprint density at radius 2 is 1.70 bits per heavy atom. The van der Waals surface area contributed by atoms with E-state index in [0.717, 1.165) is 9.64 Å². The molecule has 0 saturated heterocycles. The van der Waals surface area contributed by atoms with Gasteiger partial charge in [0.1, 0.15) is 0 Å². The van der Waals surface area contributed by atoms with Crippen LogP contribution in [0.4, 0.5) is 13.2 Å². The van der Waals surface area contributed by atoms with Crippen LogP contribution in [-0.2, 0) is 6.18 Å². The minimum atomic E-state index is -4.41. The van der Waals surface area contributed by atoms with Crippen LogP contribution in [0.15, 0.2) is 46.9 Å². The third kappa shape index (κ3) is 3.35. The molecule has 0 aliphatic carbocycles. The SMILES string of the molecule is NC(c1cc(I)ccc1Br)c1ccccc1C(F)(F)F. The highest BCUT2D eigenvalue weighted by atomic mass is 127. The van der Waals surface area contributed by atoms with Crippen LogP contribution in [0.1, 0.15) is 22.7 Å². The van der Waals surface area contributed by atoms with Crippen molar-refractivity contribution in [1.29, 1.82) is 0 Å². The molecule has 1 unspecified atom stereocenters. The largest absolute Gasteiger partial charge is 0.416 e. The van der Waals surface area contributed by atoms with E-state index < -0.39 is 17.8 Å². The van der Waals surface area contributed by atoms with Gasteiger partial charge in [-0.25, -0.2) is 0 Å². The van der Waals surface area contributed by atoms with Gasteiger partial charge in [0.25, 0.3) is 0 Å². The molecule has 6 heteroatoms. The topological polar surface area (TPSA) is 26.0 Å². The summed E-state index contributed by atoms with van der Waals surface area (Å²) in [6.07, 6.45) is -4.41. The summed E-state index contributed by atoms with van der Waals surface area (Å²) in [5.74, 6) is 0. The van der Waals surface area contributed by atoms with Crippen LogP contribution in [0.3, 0.4) is 0 Å². The second kappa shape index (κ2) is 6.03. The van der Waals surface area contributed by atoms with Gasteiger partial charge in [0.15, 0.2) is 0 Å². The van der Waals surface area contributed by atoms with Crippen LogP contribution in [0.5, 0.6) is 0 Å². The van der Waals surface area contributed by atoms with Gasteiger partial charge in [-0.15, -0.1) is 0 Å². The summed E-state index contributed by atoms with van der Waals surface area (Å²) in [7, 11) is 0. The molecule has 0 saturated carbocycles.